The van der Waals surface area contributed by atoms with E-state index in [1.54, 1.807) is 0 Å². The molecule has 0 spiro atoms. The number of fused-ring (bicyclic) bond motifs is 2. The minimum absolute atomic E-state index is 0.176. The molecule has 0 fully saturated rings. The highest BCUT2D eigenvalue weighted by Crippen LogP contribution is 2.57. The molecule has 0 unspecified atom stereocenters. The van der Waals surface area contributed by atoms with Crippen LogP contribution in [0.3, 0.4) is 0 Å². The number of hydrogen-bond acceptors (Lipinski definition) is 5. The van der Waals surface area contributed by atoms with Crippen LogP contribution in [0.5, 0.6) is 28.7 Å². The Kier molecular flexibility index (Phi) is 7.16. The van der Waals surface area contributed by atoms with Gasteiger partial charge in [0.2, 0.25) is 17.2 Å². The third kappa shape index (κ3) is 4.88. The summed E-state index contributed by atoms with van der Waals surface area (Å²) in [6.45, 7) is 0. The first-order chi connectivity index (χ1) is 23.9. The minimum atomic E-state index is -0.994. The van der Waals surface area contributed by atoms with Gasteiger partial charge < -0.3 is 25.5 Å². The first-order valence-electron chi connectivity index (χ1n) is 15.9. The van der Waals surface area contributed by atoms with Crippen molar-refractivity contribution in [1.82, 2.24) is 0 Å². The Morgan fingerprint density at radius 1 is 0.245 bits per heavy atom. The fourth-order valence-corrected chi connectivity index (χ4v) is 6.91. The van der Waals surface area contributed by atoms with E-state index < -0.39 is 28.7 Å². The third-order valence-electron chi connectivity index (χ3n) is 9.25. The zero-order valence-electron chi connectivity index (χ0n) is 26.2. The number of hydrogen-bond donors (Lipinski definition) is 5. The lowest BCUT2D eigenvalue weighted by Gasteiger charge is -2.21. The summed E-state index contributed by atoms with van der Waals surface area (Å²) in [6, 6.07) is 51.0. The van der Waals surface area contributed by atoms with E-state index in [9.17, 15) is 25.5 Å². The smallest absolute Gasteiger partial charge is 0.208 e. The van der Waals surface area contributed by atoms with Crippen LogP contribution in [0.2, 0.25) is 0 Å². The van der Waals surface area contributed by atoms with E-state index in [-0.39, 0.29) is 5.56 Å². The van der Waals surface area contributed by atoms with Crippen molar-refractivity contribution < 1.29 is 25.5 Å². The molecule has 0 aliphatic rings. The van der Waals surface area contributed by atoms with E-state index in [4.69, 9.17) is 0 Å². The summed E-state index contributed by atoms with van der Waals surface area (Å²) in [5, 5.41) is 56.3. The number of phenols is 5. The summed E-state index contributed by atoms with van der Waals surface area (Å²) >= 11 is 0. The lowest BCUT2D eigenvalue weighted by Crippen LogP contribution is -1.93. The highest BCUT2D eigenvalue weighted by Gasteiger charge is 2.28. The highest BCUT2D eigenvalue weighted by atomic mass is 16.4. The molecule has 0 amide bonds. The molecule has 5 N–H and O–H groups in total. The molecular formula is C44H30O5. The number of aromatic hydroxyl groups is 5. The van der Waals surface area contributed by atoms with Crippen molar-refractivity contribution in [3.63, 3.8) is 0 Å². The molecule has 5 nitrogen and oxygen atoms in total. The molecule has 8 rings (SSSR count). The van der Waals surface area contributed by atoms with Crippen molar-refractivity contribution in [2.24, 2.45) is 0 Å². The van der Waals surface area contributed by atoms with Crippen LogP contribution >= 0.6 is 0 Å². The zero-order chi connectivity index (χ0) is 33.6. The summed E-state index contributed by atoms with van der Waals surface area (Å²) in [7, 11) is 0. The largest absolute Gasteiger partial charge is 0.504 e. The van der Waals surface area contributed by atoms with Crippen molar-refractivity contribution in [1.29, 1.82) is 0 Å². The Morgan fingerprint density at radius 3 is 1.14 bits per heavy atom. The van der Waals surface area contributed by atoms with Gasteiger partial charge >= 0.3 is 0 Å². The van der Waals surface area contributed by atoms with Crippen LogP contribution in [0.1, 0.15) is 0 Å². The lowest BCUT2D eigenvalue weighted by molar-refractivity contribution is 0.330. The van der Waals surface area contributed by atoms with Gasteiger partial charge in [-0.15, -0.1) is 0 Å². The molecule has 0 radical (unpaired) electrons. The second kappa shape index (κ2) is 11.8. The van der Waals surface area contributed by atoms with Gasteiger partial charge in [-0.3, -0.25) is 0 Å². The van der Waals surface area contributed by atoms with E-state index in [2.05, 4.69) is 66.7 Å². The average molecular weight is 639 g/mol. The Labute approximate surface area is 282 Å². The molecule has 0 aromatic heterocycles. The van der Waals surface area contributed by atoms with Gasteiger partial charge in [0.1, 0.15) is 0 Å². The fraction of sp³-hybridized carbons (Fsp3) is 0. The van der Waals surface area contributed by atoms with Crippen molar-refractivity contribution >= 4 is 21.5 Å². The van der Waals surface area contributed by atoms with E-state index >= 15 is 0 Å². The van der Waals surface area contributed by atoms with Crippen LogP contribution in [0.4, 0.5) is 0 Å². The van der Waals surface area contributed by atoms with Gasteiger partial charge in [0.05, 0.1) is 5.56 Å². The minimum Gasteiger partial charge on any atom is -0.504 e. The van der Waals surface area contributed by atoms with Crippen LogP contribution in [0.25, 0.3) is 77.2 Å². The lowest BCUT2D eigenvalue weighted by atomic mass is 9.83. The summed E-state index contributed by atoms with van der Waals surface area (Å²) < 4.78 is 0. The maximum absolute atomic E-state index is 11.1. The van der Waals surface area contributed by atoms with Crippen LogP contribution in [-0.2, 0) is 0 Å². The van der Waals surface area contributed by atoms with Gasteiger partial charge in [0.25, 0.3) is 0 Å². The number of benzene rings is 8. The van der Waals surface area contributed by atoms with Crippen LogP contribution < -0.4 is 0 Å². The molecule has 8 aromatic carbocycles. The van der Waals surface area contributed by atoms with Crippen LogP contribution in [0, 0.1) is 0 Å². The second-order valence-electron chi connectivity index (χ2n) is 12.0. The normalized spacial score (nSPS) is 11.3. The topological polar surface area (TPSA) is 101 Å². The molecular weight excluding hydrogens is 608 g/mol. The van der Waals surface area contributed by atoms with E-state index in [1.165, 1.54) is 0 Å². The van der Waals surface area contributed by atoms with Gasteiger partial charge in [0, 0.05) is 5.56 Å². The number of rotatable bonds is 5. The van der Waals surface area contributed by atoms with Crippen molar-refractivity contribution in [2.45, 2.75) is 0 Å². The first kappa shape index (κ1) is 29.7. The Hall–Kier alpha value is -6.72. The quantitative estimate of drug-likeness (QED) is 0.0734. The van der Waals surface area contributed by atoms with E-state index in [1.807, 2.05) is 84.9 Å². The summed E-state index contributed by atoms with van der Waals surface area (Å²) in [5.41, 5.74) is 8.74. The predicted molar refractivity (Wildman–Crippen MR) is 197 cm³/mol. The molecule has 49 heavy (non-hydrogen) atoms. The standard InChI is InChI=1S/C44H30O5/c45-40-39(41(46)43(48)44(49)42(40)47)38-34-17-9-7-15-32(34)37(33-16-8-10-18-35(33)38)30-23-24-31(28-13-5-2-6-14-28)36(25-30)29-21-19-27(20-22-29)26-11-3-1-4-12-26/h1-25,45-49H. The molecule has 0 saturated carbocycles. The molecule has 0 heterocycles. The maximum atomic E-state index is 11.1. The molecule has 5 heteroatoms. The molecule has 0 saturated heterocycles. The molecule has 0 aliphatic heterocycles. The first-order valence-corrected chi connectivity index (χ1v) is 15.9. The molecule has 8 aromatic rings. The number of phenolic OH excluding ortho intramolecular Hbond substituents is 5. The Balaban J connectivity index is 1.41. The zero-order valence-corrected chi connectivity index (χ0v) is 26.2. The Bertz CT molecular complexity index is 2440. The van der Waals surface area contributed by atoms with Crippen molar-refractivity contribution in [3.8, 4) is 84.4 Å². The SMILES string of the molecule is Oc1c(O)c(O)c(-c2c3ccccc3c(-c3ccc(-c4ccccc4)c(-c4ccc(-c5ccccc5)cc4)c3)c3ccccc23)c(O)c1O. The predicted octanol–water partition coefficient (Wildman–Crippen LogP) is 10.9. The van der Waals surface area contributed by atoms with Gasteiger partial charge in [-0.25, -0.2) is 0 Å². The fourth-order valence-electron chi connectivity index (χ4n) is 6.91. The summed E-state index contributed by atoms with van der Waals surface area (Å²) in [5.74, 6) is -4.29. The van der Waals surface area contributed by atoms with Gasteiger partial charge in [0.15, 0.2) is 11.5 Å². The van der Waals surface area contributed by atoms with E-state index in [0.717, 1.165) is 55.3 Å². The van der Waals surface area contributed by atoms with E-state index in [0.29, 0.717) is 16.3 Å². The third-order valence-corrected chi connectivity index (χ3v) is 9.25. The van der Waals surface area contributed by atoms with Crippen LogP contribution in [0.15, 0.2) is 152 Å². The van der Waals surface area contributed by atoms with Gasteiger partial charge in [-0.1, -0.05) is 146 Å². The second-order valence-corrected chi connectivity index (χ2v) is 12.0. The van der Waals surface area contributed by atoms with Gasteiger partial charge in [-0.2, -0.15) is 0 Å². The maximum Gasteiger partial charge on any atom is 0.208 e. The average Bonchev–Trinajstić information content (AvgIpc) is 3.16. The van der Waals surface area contributed by atoms with Gasteiger partial charge in [-0.05, 0) is 72.1 Å². The highest BCUT2D eigenvalue weighted by molar-refractivity contribution is 6.23. The summed E-state index contributed by atoms with van der Waals surface area (Å²) in [4.78, 5) is 0. The molecule has 236 valence electrons. The van der Waals surface area contributed by atoms with Crippen molar-refractivity contribution in [3.05, 3.63) is 152 Å². The monoisotopic (exact) mass is 638 g/mol. The van der Waals surface area contributed by atoms with Crippen LogP contribution in [-0.4, -0.2) is 25.5 Å². The molecule has 0 bridgehead atoms. The molecule has 0 atom stereocenters. The molecule has 0 aliphatic carbocycles. The summed E-state index contributed by atoms with van der Waals surface area (Å²) in [6.07, 6.45) is 0. The Morgan fingerprint density at radius 2 is 0.612 bits per heavy atom. The van der Waals surface area contributed by atoms with Crippen molar-refractivity contribution in [2.75, 3.05) is 0 Å².